The number of halogens is 1. The number of aliphatic carboxylic acids is 1. The van der Waals surface area contributed by atoms with Gasteiger partial charge in [0.25, 0.3) is 0 Å². The third kappa shape index (κ3) is 4.18. The fourth-order valence-corrected chi connectivity index (χ4v) is 3.65. The second-order valence-corrected chi connectivity index (χ2v) is 7.61. The molecule has 0 aromatic carbocycles. The van der Waals surface area contributed by atoms with Crippen LogP contribution in [0.3, 0.4) is 0 Å². The summed E-state index contributed by atoms with van der Waals surface area (Å²) >= 11 is 4.91. The van der Waals surface area contributed by atoms with Gasteiger partial charge < -0.3 is 10.4 Å². The molecule has 6 heteroatoms. The summed E-state index contributed by atoms with van der Waals surface area (Å²) in [5, 5.41) is 11.7. The van der Waals surface area contributed by atoms with Crippen molar-refractivity contribution in [3.05, 3.63) is 26.9 Å². The molecule has 0 bridgehead atoms. The maximum atomic E-state index is 11.7. The zero-order valence-corrected chi connectivity index (χ0v) is 13.3. The van der Waals surface area contributed by atoms with E-state index in [1.165, 1.54) is 6.08 Å². The average Bonchev–Trinajstić information content (AvgIpc) is 2.75. The number of carboxylic acids is 1. The molecule has 0 unspecified atom stereocenters. The first-order valence-electron chi connectivity index (χ1n) is 6.42. The fourth-order valence-electron chi connectivity index (χ4n) is 2.32. The molecule has 1 aromatic rings. The predicted octanol–water partition coefficient (Wildman–Crippen LogP) is 3.29. The van der Waals surface area contributed by atoms with Gasteiger partial charge in [0.2, 0.25) is 5.91 Å². The Kier molecular flexibility index (Phi) is 4.99. The van der Waals surface area contributed by atoms with Crippen molar-refractivity contribution in [2.24, 2.45) is 5.41 Å². The van der Waals surface area contributed by atoms with E-state index in [0.29, 0.717) is 6.54 Å². The first-order valence-corrected chi connectivity index (χ1v) is 8.03. The zero-order chi connectivity index (χ0) is 14.6. The van der Waals surface area contributed by atoms with Gasteiger partial charge in [0.15, 0.2) is 0 Å². The van der Waals surface area contributed by atoms with Crippen molar-refractivity contribution in [3.8, 4) is 0 Å². The summed E-state index contributed by atoms with van der Waals surface area (Å²) in [5.41, 5.74) is -0.235. The topological polar surface area (TPSA) is 66.4 Å². The summed E-state index contributed by atoms with van der Waals surface area (Å²) in [6.45, 7) is 0.441. The van der Waals surface area contributed by atoms with Gasteiger partial charge in [-0.05, 0) is 52.4 Å². The Morgan fingerprint density at radius 1 is 1.45 bits per heavy atom. The number of hydrogen-bond acceptors (Lipinski definition) is 3. The van der Waals surface area contributed by atoms with Crippen LogP contribution in [0.2, 0.25) is 0 Å². The van der Waals surface area contributed by atoms with E-state index >= 15 is 0 Å². The van der Waals surface area contributed by atoms with E-state index < -0.39 is 5.97 Å². The van der Waals surface area contributed by atoms with Gasteiger partial charge in [0.05, 0.1) is 10.2 Å². The van der Waals surface area contributed by atoms with Crippen LogP contribution < -0.4 is 5.32 Å². The van der Waals surface area contributed by atoms with Gasteiger partial charge in [0, 0.05) is 17.5 Å². The van der Waals surface area contributed by atoms with Crippen LogP contribution in [-0.4, -0.2) is 23.5 Å². The molecular weight excluding hydrogens is 342 g/mol. The van der Waals surface area contributed by atoms with Crippen LogP contribution in [0.15, 0.2) is 22.0 Å². The van der Waals surface area contributed by atoms with E-state index in [9.17, 15) is 9.59 Å². The van der Waals surface area contributed by atoms with Crippen molar-refractivity contribution in [2.45, 2.75) is 25.7 Å². The number of rotatable bonds is 6. The Bertz CT molecular complexity index is 534. The minimum absolute atomic E-state index is 0.134. The summed E-state index contributed by atoms with van der Waals surface area (Å²) in [6.07, 6.45) is 6.18. The average molecular weight is 358 g/mol. The van der Waals surface area contributed by atoms with Crippen molar-refractivity contribution < 1.29 is 14.7 Å². The summed E-state index contributed by atoms with van der Waals surface area (Å²) in [6, 6.07) is 3.86. The second kappa shape index (κ2) is 6.54. The molecule has 2 N–H and O–H groups in total. The largest absolute Gasteiger partial charge is 0.481 e. The third-order valence-corrected chi connectivity index (χ3v) is 5.16. The lowest BCUT2D eigenvalue weighted by atomic mass is 9.66. The molecule has 1 aliphatic rings. The highest BCUT2D eigenvalue weighted by Gasteiger charge is 2.38. The van der Waals surface area contributed by atoms with E-state index in [1.54, 1.807) is 17.4 Å². The van der Waals surface area contributed by atoms with E-state index in [0.717, 1.165) is 27.9 Å². The maximum absolute atomic E-state index is 11.7. The molecule has 4 nitrogen and oxygen atoms in total. The van der Waals surface area contributed by atoms with Gasteiger partial charge in [0.1, 0.15) is 0 Å². The van der Waals surface area contributed by atoms with Crippen LogP contribution in [-0.2, 0) is 9.59 Å². The Balaban J connectivity index is 1.82. The molecular formula is C14H16BrNO3S. The molecule has 0 aliphatic heterocycles. The number of thiophene rings is 1. The molecule has 1 aromatic heterocycles. The minimum Gasteiger partial charge on any atom is -0.481 e. The monoisotopic (exact) mass is 357 g/mol. The third-order valence-electron chi connectivity index (χ3n) is 3.57. The first kappa shape index (κ1) is 15.3. The van der Waals surface area contributed by atoms with Crippen molar-refractivity contribution >= 4 is 45.2 Å². The summed E-state index contributed by atoms with van der Waals surface area (Å²) in [5.74, 6) is -0.968. The normalized spacial score (nSPS) is 16.9. The second-order valence-electron chi connectivity index (χ2n) is 5.12. The van der Waals surface area contributed by atoms with Crippen LogP contribution in [0.4, 0.5) is 0 Å². The number of carbonyl (C=O) groups is 2. The lowest BCUT2D eigenvalue weighted by Gasteiger charge is -2.40. The molecule has 1 amide bonds. The molecule has 0 saturated heterocycles. The van der Waals surface area contributed by atoms with Gasteiger partial charge in [-0.25, -0.2) is 0 Å². The lowest BCUT2D eigenvalue weighted by Crippen LogP contribution is -2.43. The molecule has 20 heavy (non-hydrogen) atoms. The van der Waals surface area contributed by atoms with E-state index in [-0.39, 0.29) is 17.7 Å². The zero-order valence-electron chi connectivity index (χ0n) is 10.9. The number of carbonyl (C=O) groups excluding carboxylic acids is 1. The van der Waals surface area contributed by atoms with Crippen LogP contribution in [0.25, 0.3) is 6.08 Å². The Morgan fingerprint density at radius 2 is 2.20 bits per heavy atom. The summed E-state index contributed by atoms with van der Waals surface area (Å²) < 4.78 is 1.02. The Hall–Kier alpha value is -1.14. The number of hydrogen-bond donors (Lipinski definition) is 2. The van der Waals surface area contributed by atoms with Crippen LogP contribution in [0.5, 0.6) is 0 Å². The predicted molar refractivity (Wildman–Crippen MR) is 82.6 cm³/mol. The molecule has 1 aliphatic carbocycles. The van der Waals surface area contributed by atoms with Crippen molar-refractivity contribution in [1.29, 1.82) is 0 Å². The highest BCUT2D eigenvalue weighted by Crippen LogP contribution is 2.43. The Labute approximate surface area is 130 Å². The molecule has 108 valence electrons. The van der Waals surface area contributed by atoms with Gasteiger partial charge in [-0.1, -0.05) is 6.42 Å². The fraction of sp³-hybridized carbons (Fsp3) is 0.429. The molecule has 0 spiro atoms. The minimum atomic E-state index is -0.794. The SMILES string of the molecule is O=C(O)CC1(CNC(=O)/C=C/c2ccc(Br)s2)CCC1. The van der Waals surface area contributed by atoms with E-state index in [2.05, 4.69) is 21.2 Å². The highest BCUT2D eigenvalue weighted by molar-refractivity contribution is 9.11. The standard InChI is InChI=1S/C14H16BrNO3S/c15-11-4-2-10(20-11)3-5-12(17)16-9-14(6-1-7-14)8-13(18)19/h2-5H,1,6-9H2,(H,16,17)(H,18,19)/b5-3+. The van der Waals surface area contributed by atoms with Crippen molar-refractivity contribution in [2.75, 3.05) is 6.54 Å². The molecule has 1 fully saturated rings. The van der Waals surface area contributed by atoms with Gasteiger partial charge >= 0.3 is 5.97 Å². The van der Waals surface area contributed by atoms with Crippen molar-refractivity contribution in [1.82, 2.24) is 5.32 Å². The maximum Gasteiger partial charge on any atom is 0.303 e. The van der Waals surface area contributed by atoms with E-state index in [1.807, 2.05) is 12.1 Å². The lowest BCUT2D eigenvalue weighted by molar-refractivity contribution is -0.141. The molecule has 0 atom stereocenters. The molecule has 2 rings (SSSR count). The number of nitrogens with one attached hydrogen (secondary N) is 1. The number of amides is 1. The van der Waals surface area contributed by atoms with Crippen LogP contribution in [0.1, 0.15) is 30.6 Å². The van der Waals surface area contributed by atoms with Crippen LogP contribution >= 0.6 is 27.3 Å². The van der Waals surface area contributed by atoms with Crippen molar-refractivity contribution in [3.63, 3.8) is 0 Å². The molecule has 1 saturated carbocycles. The highest BCUT2D eigenvalue weighted by atomic mass is 79.9. The first-order chi connectivity index (χ1) is 9.49. The summed E-state index contributed by atoms with van der Waals surface area (Å²) in [7, 11) is 0. The van der Waals surface area contributed by atoms with E-state index in [4.69, 9.17) is 5.11 Å². The van der Waals surface area contributed by atoms with Crippen LogP contribution in [0, 0.1) is 5.41 Å². The molecule has 0 radical (unpaired) electrons. The number of carboxylic acid groups (broad SMARTS) is 1. The van der Waals surface area contributed by atoms with Gasteiger partial charge in [-0.2, -0.15) is 0 Å². The van der Waals surface area contributed by atoms with Gasteiger partial charge in [-0.15, -0.1) is 11.3 Å². The Morgan fingerprint density at radius 3 is 2.70 bits per heavy atom. The molecule has 1 heterocycles. The quantitative estimate of drug-likeness (QED) is 0.767. The smallest absolute Gasteiger partial charge is 0.303 e. The summed E-state index contributed by atoms with van der Waals surface area (Å²) in [4.78, 5) is 23.6. The van der Waals surface area contributed by atoms with Gasteiger partial charge in [-0.3, -0.25) is 9.59 Å².